The van der Waals surface area contributed by atoms with Crippen LogP contribution in [0.2, 0.25) is 0 Å². The number of fused-ring (bicyclic) bond motifs is 1. The lowest BCUT2D eigenvalue weighted by atomic mass is 10.1. The first-order chi connectivity index (χ1) is 15.2. The summed E-state index contributed by atoms with van der Waals surface area (Å²) >= 11 is 1.59. The fourth-order valence-electron chi connectivity index (χ4n) is 3.73. The van der Waals surface area contributed by atoms with Crippen molar-refractivity contribution in [3.63, 3.8) is 0 Å². The number of nitrogens with zero attached hydrogens (tertiary/aromatic N) is 2. The number of rotatable bonds is 8. The Hall–Kier alpha value is -2.41. The van der Waals surface area contributed by atoms with E-state index >= 15 is 0 Å². The van der Waals surface area contributed by atoms with Gasteiger partial charge < -0.3 is 10.1 Å². The van der Waals surface area contributed by atoms with Gasteiger partial charge in [-0.05, 0) is 49.2 Å². The zero-order valence-corrected chi connectivity index (χ0v) is 18.8. The average molecular weight is 436 g/mol. The molecule has 0 aliphatic carbocycles. The van der Waals surface area contributed by atoms with E-state index in [4.69, 9.17) is 9.72 Å². The van der Waals surface area contributed by atoms with Crippen molar-refractivity contribution >= 4 is 28.6 Å². The number of benzene rings is 2. The van der Waals surface area contributed by atoms with Crippen LogP contribution < -0.4 is 5.32 Å². The molecule has 1 fully saturated rings. The van der Waals surface area contributed by atoms with Gasteiger partial charge in [0.15, 0.2) is 0 Å². The molecule has 0 spiro atoms. The quantitative estimate of drug-likeness (QED) is 0.532. The third kappa shape index (κ3) is 5.85. The molecule has 31 heavy (non-hydrogen) atoms. The Bertz CT molecular complexity index is 1020. The number of hydrogen-bond donors (Lipinski definition) is 1. The lowest BCUT2D eigenvalue weighted by Crippen LogP contribution is -2.38. The van der Waals surface area contributed by atoms with Crippen LogP contribution in [-0.2, 0) is 11.2 Å². The zero-order chi connectivity index (χ0) is 21.5. The molecule has 2 heterocycles. The summed E-state index contributed by atoms with van der Waals surface area (Å²) in [4.78, 5) is 21.3. The minimum atomic E-state index is -0.0382. The summed E-state index contributed by atoms with van der Waals surface area (Å²) in [5.74, 6) is -0.0382. The first-order valence-corrected chi connectivity index (χ1v) is 11.8. The monoisotopic (exact) mass is 435 g/mol. The normalized spacial score (nSPS) is 14.6. The number of amides is 1. The van der Waals surface area contributed by atoms with Crippen molar-refractivity contribution in [2.24, 2.45) is 0 Å². The van der Waals surface area contributed by atoms with E-state index in [1.807, 2.05) is 30.3 Å². The molecule has 1 aliphatic rings. The molecule has 0 bridgehead atoms. The number of ether oxygens (including phenoxy) is 1. The first-order valence-electron chi connectivity index (χ1n) is 11.0. The number of aromatic nitrogens is 1. The van der Waals surface area contributed by atoms with E-state index in [0.29, 0.717) is 12.1 Å². The number of carbonyl (C=O) groups excluding carboxylic acids is 1. The van der Waals surface area contributed by atoms with Gasteiger partial charge in [-0.3, -0.25) is 9.69 Å². The number of pyridine rings is 1. The molecular weight excluding hydrogens is 406 g/mol. The molecule has 0 radical (unpaired) electrons. The van der Waals surface area contributed by atoms with E-state index in [-0.39, 0.29) is 5.91 Å². The highest BCUT2D eigenvalue weighted by atomic mass is 32.2. The SMILES string of the molecule is CCc1ccc(Sc2cc(C(=O)NCCCN3CCOCC3)c3ccccc3n2)cc1. The van der Waals surface area contributed by atoms with E-state index < -0.39 is 0 Å². The fraction of sp³-hybridized carbons (Fsp3) is 0.360. The number of morpholine rings is 1. The molecule has 0 saturated carbocycles. The summed E-state index contributed by atoms with van der Waals surface area (Å²) in [6.07, 6.45) is 1.95. The largest absolute Gasteiger partial charge is 0.379 e. The lowest BCUT2D eigenvalue weighted by molar-refractivity contribution is 0.0374. The van der Waals surface area contributed by atoms with E-state index in [1.165, 1.54) is 5.56 Å². The van der Waals surface area contributed by atoms with Crippen molar-refractivity contribution in [1.82, 2.24) is 15.2 Å². The fourth-order valence-corrected chi connectivity index (χ4v) is 4.56. The van der Waals surface area contributed by atoms with Crippen LogP contribution in [0.25, 0.3) is 10.9 Å². The summed E-state index contributed by atoms with van der Waals surface area (Å²) in [5.41, 5.74) is 2.84. The molecule has 162 valence electrons. The molecule has 1 aromatic heterocycles. The van der Waals surface area contributed by atoms with Crippen molar-refractivity contribution in [3.8, 4) is 0 Å². The Morgan fingerprint density at radius 2 is 1.90 bits per heavy atom. The Morgan fingerprint density at radius 1 is 1.13 bits per heavy atom. The summed E-state index contributed by atoms with van der Waals surface area (Å²) in [6, 6.07) is 18.3. The van der Waals surface area contributed by atoms with E-state index in [1.54, 1.807) is 11.8 Å². The van der Waals surface area contributed by atoms with Crippen LogP contribution >= 0.6 is 11.8 Å². The summed E-state index contributed by atoms with van der Waals surface area (Å²) in [6.45, 7) is 7.35. The molecule has 5 nitrogen and oxygen atoms in total. The van der Waals surface area contributed by atoms with Gasteiger partial charge in [0.05, 0.1) is 24.3 Å². The van der Waals surface area contributed by atoms with Crippen LogP contribution in [0.3, 0.4) is 0 Å². The molecule has 0 unspecified atom stereocenters. The van der Waals surface area contributed by atoms with Gasteiger partial charge in [-0.25, -0.2) is 4.98 Å². The van der Waals surface area contributed by atoms with Gasteiger partial charge in [0, 0.05) is 29.9 Å². The van der Waals surface area contributed by atoms with Crippen LogP contribution in [0.4, 0.5) is 0 Å². The van der Waals surface area contributed by atoms with Crippen molar-refractivity contribution in [2.75, 3.05) is 39.4 Å². The third-order valence-corrected chi connectivity index (χ3v) is 6.46. The standard InChI is InChI=1S/C25H29N3O2S/c1-2-19-8-10-20(11-9-19)31-24-18-22(21-6-3-4-7-23(21)27-24)25(29)26-12-5-13-28-14-16-30-17-15-28/h3-4,6-11,18H,2,5,12-17H2,1H3,(H,26,29). The second kappa shape index (κ2) is 10.8. The topological polar surface area (TPSA) is 54.5 Å². The number of hydrogen-bond acceptors (Lipinski definition) is 5. The van der Waals surface area contributed by atoms with Crippen LogP contribution in [-0.4, -0.2) is 55.2 Å². The van der Waals surface area contributed by atoms with Crippen molar-refractivity contribution in [1.29, 1.82) is 0 Å². The zero-order valence-electron chi connectivity index (χ0n) is 18.0. The van der Waals surface area contributed by atoms with Crippen molar-refractivity contribution < 1.29 is 9.53 Å². The smallest absolute Gasteiger partial charge is 0.252 e. The highest BCUT2D eigenvalue weighted by Gasteiger charge is 2.14. The predicted octanol–water partition coefficient (Wildman–Crippen LogP) is 4.40. The maximum absolute atomic E-state index is 13.0. The Morgan fingerprint density at radius 3 is 2.68 bits per heavy atom. The second-order valence-corrected chi connectivity index (χ2v) is 8.78. The van der Waals surface area contributed by atoms with Gasteiger partial charge in [-0.2, -0.15) is 0 Å². The maximum atomic E-state index is 13.0. The Labute approximate surface area is 188 Å². The van der Waals surface area contributed by atoms with Crippen LogP contribution in [0.15, 0.2) is 64.5 Å². The molecule has 1 amide bonds. The van der Waals surface area contributed by atoms with E-state index in [9.17, 15) is 4.79 Å². The molecule has 0 atom stereocenters. The lowest BCUT2D eigenvalue weighted by Gasteiger charge is -2.26. The summed E-state index contributed by atoms with van der Waals surface area (Å²) < 4.78 is 5.39. The third-order valence-electron chi connectivity index (χ3n) is 5.53. The van der Waals surface area contributed by atoms with Gasteiger partial charge in [0.2, 0.25) is 0 Å². The Balaban J connectivity index is 1.45. The first kappa shape index (κ1) is 21.8. The molecule has 1 N–H and O–H groups in total. The second-order valence-electron chi connectivity index (χ2n) is 7.69. The number of aryl methyl sites for hydroxylation is 1. The van der Waals surface area contributed by atoms with Crippen LogP contribution in [0.1, 0.15) is 29.3 Å². The van der Waals surface area contributed by atoms with Crippen LogP contribution in [0, 0.1) is 0 Å². The highest BCUT2D eigenvalue weighted by molar-refractivity contribution is 7.99. The van der Waals surface area contributed by atoms with Gasteiger partial charge >= 0.3 is 0 Å². The van der Waals surface area contributed by atoms with Gasteiger partial charge in [-0.15, -0.1) is 0 Å². The number of nitrogens with one attached hydrogen (secondary N) is 1. The van der Waals surface area contributed by atoms with Crippen LogP contribution in [0.5, 0.6) is 0 Å². The average Bonchev–Trinajstić information content (AvgIpc) is 2.82. The number of para-hydroxylation sites is 1. The molecule has 3 aromatic rings. The molecular formula is C25H29N3O2S. The van der Waals surface area contributed by atoms with E-state index in [2.05, 4.69) is 41.4 Å². The molecule has 2 aromatic carbocycles. The van der Waals surface area contributed by atoms with Crippen molar-refractivity contribution in [2.45, 2.75) is 29.7 Å². The maximum Gasteiger partial charge on any atom is 0.252 e. The molecule has 1 aliphatic heterocycles. The van der Waals surface area contributed by atoms with Gasteiger partial charge in [0.1, 0.15) is 5.03 Å². The van der Waals surface area contributed by atoms with E-state index in [0.717, 1.165) is 66.5 Å². The minimum Gasteiger partial charge on any atom is -0.379 e. The molecule has 1 saturated heterocycles. The van der Waals surface area contributed by atoms with Gasteiger partial charge in [-0.1, -0.05) is 49.0 Å². The summed E-state index contributed by atoms with van der Waals surface area (Å²) in [5, 5.41) is 4.83. The van der Waals surface area contributed by atoms with Crippen molar-refractivity contribution in [3.05, 3.63) is 65.7 Å². The minimum absolute atomic E-state index is 0.0382. The Kier molecular flexibility index (Phi) is 7.57. The highest BCUT2D eigenvalue weighted by Crippen LogP contribution is 2.30. The predicted molar refractivity (Wildman–Crippen MR) is 126 cm³/mol. The summed E-state index contributed by atoms with van der Waals surface area (Å²) in [7, 11) is 0. The molecule has 6 heteroatoms. The molecule has 4 rings (SSSR count). The number of carbonyl (C=O) groups is 1. The van der Waals surface area contributed by atoms with Gasteiger partial charge in [0.25, 0.3) is 5.91 Å².